The predicted molar refractivity (Wildman–Crippen MR) is 67.0 cm³/mol. The van der Waals surface area contributed by atoms with Crippen LogP contribution < -0.4 is 0 Å². The molecular formula is C13H10N2O3. The fourth-order valence-corrected chi connectivity index (χ4v) is 1.70. The molecule has 0 aliphatic carbocycles. The van der Waals surface area contributed by atoms with E-state index in [1.165, 1.54) is 6.07 Å². The number of benzene rings is 2. The van der Waals surface area contributed by atoms with Crippen molar-refractivity contribution >= 4 is 11.4 Å². The van der Waals surface area contributed by atoms with Gasteiger partial charge in [0.25, 0.3) is 5.69 Å². The van der Waals surface area contributed by atoms with E-state index >= 15 is 0 Å². The fourth-order valence-electron chi connectivity index (χ4n) is 1.70. The molecule has 5 heteroatoms. The Hall–Kier alpha value is -2.69. The second-order valence-corrected chi connectivity index (χ2v) is 3.59. The van der Waals surface area contributed by atoms with Crippen LogP contribution in [0, 0.1) is 10.1 Å². The Morgan fingerprint density at radius 2 is 1.67 bits per heavy atom. The number of hydrogen-bond donors (Lipinski definition) is 1. The van der Waals surface area contributed by atoms with E-state index in [2.05, 4.69) is 5.16 Å². The largest absolute Gasteiger partial charge is 0.410 e. The molecule has 90 valence electrons. The van der Waals surface area contributed by atoms with Crippen LogP contribution in [-0.4, -0.2) is 15.8 Å². The van der Waals surface area contributed by atoms with E-state index in [4.69, 9.17) is 5.21 Å². The summed E-state index contributed by atoms with van der Waals surface area (Å²) >= 11 is 0. The molecule has 0 saturated carbocycles. The summed E-state index contributed by atoms with van der Waals surface area (Å²) in [5.74, 6) is 0. The maximum Gasteiger partial charge on any atom is 0.278 e. The van der Waals surface area contributed by atoms with Crippen LogP contribution in [0.15, 0.2) is 59.8 Å². The molecule has 0 spiro atoms. The number of nitrogens with zero attached hydrogens (tertiary/aromatic N) is 2. The molecular weight excluding hydrogens is 232 g/mol. The van der Waals surface area contributed by atoms with E-state index in [0.29, 0.717) is 5.56 Å². The molecule has 0 bridgehead atoms. The Morgan fingerprint density at radius 3 is 2.28 bits per heavy atom. The molecule has 0 aliphatic rings. The van der Waals surface area contributed by atoms with Crippen molar-refractivity contribution < 1.29 is 10.1 Å². The molecule has 0 amide bonds. The lowest BCUT2D eigenvalue weighted by atomic mass is 10.0. The van der Waals surface area contributed by atoms with Gasteiger partial charge in [0.05, 0.1) is 10.5 Å². The van der Waals surface area contributed by atoms with E-state index in [0.717, 1.165) is 0 Å². The van der Waals surface area contributed by atoms with Crippen molar-refractivity contribution in [2.24, 2.45) is 5.16 Å². The van der Waals surface area contributed by atoms with Gasteiger partial charge in [0, 0.05) is 11.6 Å². The molecule has 5 nitrogen and oxygen atoms in total. The van der Waals surface area contributed by atoms with Crippen LogP contribution in [0.25, 0.3) is 0 Å². The smallest absolute Gasteiger partial charge is 0.278 e. The fraction of sp³-hybridized carbons (Fsp3) is 0. The number of hydrogen-bond acceptors (Lipinski definition) is 4. The van der Waals surface area contributed by atoms with Gasteiger partial charge in [-0.1, -0.05) is 47.6 Å². The van der Waals surface area contributed by atoms with Crippen LogP contribution in [0.4, 0.5) is 5.69 Å². The topological polar surface area (TPSA) is 75.7 Å². The quantitative estimate of drug-likeness (QED) is 0.389. The predicted octanol–water partition coefficient (Wildman–Crippen LogP) is 2.82. The van der Waals surface area contributed by atoms with Gasteiger partial charge in [0.15, 0.2) is 0 Å². The Bertz CT molecular complexity index is 594. The number of rotatable bonds is 3. The normalized spacial score (nSPS) is 11.2. The summed E-state index contributed by atoms with van der Waals surface area (Å²) in [5.41, 5.74) is 1.00. The van der Waals surface area contributed by atoms with Gasteiger partial charge in [-0.3, -0.25) is 10.1 Å². The van der Waals surface area contributed by atoms with Crippen LogP contribution in [0.5, 0.6) is 0 Å². The first-order chi connectivity index (χ1) is 8.74. The summed E-state index contributed by atoms with van der Waals surface area (Å²) in [5, 5.41) is 23.2. The third kappa shape index (κ3) is 2.20. The molecule has 2 rings (SSSR count). The molecule has 0 heterocycles. The van der Waals surface area contributed by atoms with Gasteiger partial charge in [-0.25, -0.2) is 0 Å². The summed E-state index contributed by atoms with van der Waals surface area (Å²) in [6.45, 7) is 0. The molecule has 2 aromatic carbocycles. The van der Waals surface area contributed by atoms with Gasteiger partial charge >= 0.3 is 0 Å². The SMILES string of the molecule is O=[N+]([O-])c1ccccc1/C(=N/O)c1ccccc1. The zero-order valence-corrected chi connectivity index (χ0v) is 9.35. The lowest BCUT2D eigenvalue weighted by Gasteiger charge is -2.05. The average molecular weight is 242 g/mol. The summed E-state index contributed by atoms with van der Waals surface area (Å²) in [4.78, 5) is 10.4. The van der Waals surface area contributed by atoms with Crippen LogP contribution in [0.2, 0.25) is 0 Å². The Kier molecular flexibility index (Phi) is 3.33. The highest BCUT2D eigenvalue weighted by Crippen LogP contribution is 2.21. The maximum absolute atomic E-state index is 10.9. The van der Waals surface area contributed by atoms with Gasteiger partial charge in [-0.15, -0.1) is 0 Å². The Balaban J connectivity index is 2.57. The van der Waals surface area contributed by atoms with Crippen molar-refractivity contribution in [2.45, 2.75) is 0 Å². The van der Waals surface area contributed by atoms with E-state index in [-0.39, 0.29) is 17.0 Å². The molecule has 0 aromatic heterocycles. The molecule has 0 radical (unpaired) electrons. The average Bonchev–Trinajstić information content (AvgIpc) is 2.41. The minimum absolute atomic E-state index is 0.0887. The van der Waals surface area contributed by atoms with Crippen LogP contribution >= 0.6 is 0 Å². The van der Waals surface area contributed by atoms with Gasteiger partial charge in [-0.05, 0) is 6.07 Å². The van der Waals surface area contributed by atoms with Crippen molar-refractivity contribution in [1.82, 2.24) is 0 Å². The molecule has 18 heavy (non-hydrogen) atoms. The zero-order valence-electron chi connectivity index (χ0n) is 9.35. The van der Waals surface area contributed by atoms with Crippen LogP contribution in [-0.2, 0) is 0 Å². The highest BCUT2D eigenvalue weighted by molar-refractivity contribution is 6.14. The summed E-state index contributed by atoms with van der Waals surface area (Å²) in [6, 6.07) is 15.0. The minimum Gasteiger partial charge on any atom is -0.410 e. The lowest BCUT2D eigenvalue weighted by molar-refractivity contribution is -0.385. The number of nitro groups is 1. The molecule has 0 fully saturated rings. The molecule has 1 N–H and O–H groups in total. The van der Waals surface area contributed by atoms with E-state index in [9.17, 15) is 10.1 Å². The molecule has 0 atom stereocenters. The van der Waals surface area contributed by atoms with Crippen LogP contribution in [0.3, 0.4) is 0 Å². The van der Waals surface area contributed by atoms with Gasteiger partial charge < -0.3 is 5.21 Å². The van der Waals surface area contributed by atoms with Crippen molar-refractivity contribution in [3.8, 4) is 0 Å². The summed E-state index contributed by atoms with van der Waals surface area (Å²) in [6.07, 6.45) is 0. The molecule has 0 saturated heterocycles. The van der Waals surface area contributed by atoms with E-state index in [1.54, 1.807) is 42.5 Å². The summed E-state index contributed by atoms with van der Waals surface area (Å²) in [7, 11) is 0. The van der Waals surface area contributed by atoms with Crippen LogP contribution in [0.1, 0.15) is 11.1 Å². The van der Waals surface area contributed by atoms with E-state index in [1.807, 2.05) is 6.07 Å². The third-order valence-corrected chi connectivity index (χ3v) is 2.50. The Morgan fingerprint density at radius 1 is 1.06 bits per heavy atom. The first kappa shape index (κ1) is 11.8. The molecule has 0 aliphatic heterocycles. The monoisotopic (exact) mass is 242 g/mol. The van der Waals surface area contributed by atoms with Gasteiger partial charge in [0.1, 0.15) is 5.71 Å². The highest BCUT2D eigenvalue weighted by Gasteiger charge is 2.19. The number of nitro benzene ring substituents is 1. The summed E-state index contributed by atoms with van der Waals surface area (Å²) < 4.78 is 0. The molecule has 0 unspecified atom stereocenters. The maximum atomic E-state index is 10.9. The zero-order chi connectivity index (χ0) is 13.0. The third-order valence-electron chi connectivity index (χ3n) is 2.50. The second kappa shape index (κ2) is 5.09. The second-order valence-electron chi connectivity index (χ2n) is 3.59. The van der Waals surface area contributed by atoms with Gasteiger partial charge in [-0.2, -0.15) is 0 Å². The molecule has 2 aromatic rings. The highest BCUT2D eigenvalue weighted by atomic mass is 16.6. The Labute approximate surface area is 103 Å². The van der Waals surface area contributed by atoms with Crippen molar-refractivity contribution in [3.05, 3.63) is 75.8 Å². The van der Waals surface area contributed by atoms with Gasteiger partial charge in [0.2, 0.25) is 0 Å². The number of oxime groups is 1. The minimum atomic E-state index is -0.497. The first-order valence-electron chi connectivity index (χ1n) is 5.25. The van der Waals surface area contributed by atoms with Crippen molar-refractivity contribution in [1.29, 1.82) is 0 Å². The first-order valence-corrected chi connectivity index (χ1v) is 5.25. The van der Waals surface area contributed by atoms with E-state index < -0.39 is 4.92 Å². The van der Waals surface area contributed by atoms with Crippen molar-refractivity contribution in [3.63, 3.8) is 0 Å². The number of para-hydroxylation sites is 1. The van der Waals surface area contributed by atoms with Crippen molar-refractivity contribution in [2.75, 3.05) is 0 Å². The standard InChI is InChI=1S/C13H10N2O3/c16-14-13(10-6-2-1-3-7-10)11-8-4-5-9-12(11)15(17)18/h1-9,16H/b14-13+. The lowest BCUT2D eigenvalue weighted by Crippen LogP contribution is -2.06.